The number of carbonyl (C=O) groups excluding carboxylic acids is 1. The first-order valence-corrected chi connectivity index (χ1v) is 8.14. The average Bonchev–Trinajstić information content (AvgIpc) is 3.34. The van der Waals surface area contributed by atoms with Crippen molar-refractivity contribution in [1.82, 2.24) is 5.32 Å². The topological polar surface area (TPSA) is 66.4 Å². The van der Waals surface area contributed by atoms with E-state index in [4.69, 9.17) is 5.11 Å². The van der Waals surface area contributed by atoms with Crippen molar-refractivity contribution in [1.29, 1.82) is 0 Å². The molecule has 0 aliphatic heterocycles. The van der Waals surface area contributed by atoms with Gasteiger partial charge in [-0.25, -0.2) is 0 Å². The van der Waals surface area contributed by atoms with Crippen LogP contribution < -0.4 is 5.32 Å². The van der Waals surface area contributed by atoms with Gasteiger partial charge in [-0.1, -0.05) is 42.5 Å². The van der Waals surface area contributed by atoms with Crippen LogP contribution in [0.15, 0.2) is 42.5 Å². The average molecular weight is 311 g/mol. The van der Waals surface area contributed by atoms with Gasteiger partial charge < -0.3 is 10.4 Å². The molecule has 2 aromatic carbocycles. The summed E-state index contributed by atoms with van der Waals surface area (Å²) in [5, 5.41) is 14.0. The van der Waals surface area contributed by atoms with Crippen LogP contribution in [-0.2, 0) is 9.59 Å². The number of carboxylic acid groups (broad SMARTS) is 1. The first-order chi connectivity index (χ1) is 11.2. The number of amides is 1. The molecule has 4 nitrogen and oxygen atoms in total. The molecule has 120 valence electrons. The SMILES string of the molecule is O=C(O)CCCCNC(=O)C1CC1c1cccc2ccccc12. The third-order valence-corrected chi connectivity index (χ3v) is 4.47. The Balaban J connectivity index is 1.54. The van der Waals surface area contributed by atoms with Gasteiger partial charge in [0.1, 0.15) is 0 Å². The van der Waals surface area contributed by atoms with E-state index in [2.05, 4.69) is 35.6 Å². The standard InChI is InChI=1S/C19H21NO3/c21-18(22)10-3-4-11-20-19(23)17-12-16(17)15-9-5-7-13-6-1-2-8-14(13)15/h1-2,5-9,16-17H,3-4,10-12H2,(H,20,23)(H,21,22). The second-order valence-corrected chi connectivity index (χ2v) is 6.16. The minimum Gasteiger partial charge on any atom is -0.481 e. The van der Waals surface area contributed by atoms with Crippen molar-refractivity contribution in [2.24, 2.45) is 5.92 Å². The zero-order valence-electron chi connectivity index (χ0n) is 13.0. The van der Waals surface area contributed by atoms with Crippen LogP contribution in [0.25, 0.3) is 10.8 Å². The quantitative estimate of drug-likeness (QED) is 0.771. The maximum absolute atomic E-state index is 12.2. The van der Waals surface area contributed by atoms with Gasteiger partial charge in [-0.2, -0.15) is 0 Å². The van der Waals surface area contributed by atoms with E-state index in [9.17, 15) is 9.59 Å². The molecule has 1 amide bonds. The summed E-state index contributed by atoms with van der Waals surface area (Å²) in [4.78, 5) is 22.6. The molecule has 2 unspecified atom stereocenters. The van der Waals surface area contributed by atoms with Crippen molar-refractivity contribution < 1.29 is 14.7 Å². The van der Waals surface area contributed by atoms with Gasteiger partial charge >= 0.3 is 5.97 Å². The summed E-state index contributed by atoms with van der Waals surface area (Å²) in [5.41, 5.74) is 1.26. The monoisotopic (exact) mass is 311 g/mol. The maximum atomic E-state index is 12.2. The number of unbranched alkanes of at least 4 members (excludes halogenated alkanes) is 1. The van der Waals surface area contributed by atoms with Gasteiger partial charge in [0.15, 0.2) is 0 Å². The fourth-order valence-electron chi connectivity index (χ4n) is 3.15. The van der Waals surface area contributed by atoms with E-state index in [1.807, 2.05) is 12.1 Å². The lowest BCUT2D eigenvalue weighted by Crippen LogP contribution is -2.26. The molecule has 0 heterocycles. The van der Waals surface area contributed by atoms with Gasteiger partial charge in [0.25, 0.3) is 0 Å². The molecule has 0 aromatic heterocycles. The summed E-state index contributed by atoms with van der Waals surface area (Å²) in [6.07, 6.45) is 2.38. The summed E-state index contributed by atoms with van der Waals surface area (Å²) >= 11 is 0. The highest BCUT2D eigenvalue weighted by molar-refractivity contribution is 5.89. The van der Waals surface area contributed by atoms with Gasteiger partial charge in [-0.05, 0) is 41.5 Å². The molecule has 1 aliphatic carbocycles. The Bertz CT molecular complexity index is 720. The van der Waals surface area contributed by atoms with Gasteiger partial charge in [0, 0.05) is 18.9 Å². The highest BCUT2D eigenvalue weighted by Gasteiger charge is 2.44. The molecule has 4 heteroatoms. The van der Waals surface area contributed by atoms with Crippen molar-refractivity contribution in [2.75, 3.05) is 6.54 Å². The van der Waals surface area contributed by atoms with Gasteiger partial charge in [0.05, 0.1) is 0 Å². The van der Waals surface area contributed by atoms with Gasteiger partial charge in [-0.3, -0.25) is 9.59 Å². The van der Waals surface area contributed by atoms with Crippen molar-refractivity contribution in [3.8, 4) is 0 Å². The summed E-state index contributed by atoms with van der Waals surface area (Å²) in [7, 11) is 0. The first-order valence-electron chi connectivity index (χ1n) is 8.14. The molecule has 2 atom stereocenters. The predicted molar refractivity (Wildman–Crippen MR) is 89.3 cm³/mol. The molecule has 2 aromatic rings. The zero-order chi connectivity index (χ0) is 16.2. The molecule has 0 saturated heterocycles. The number of rotatable bonds is 7. The highest BCUT2D eigenvalue weighted by atomic mass is 16.4. The Morgan fingerprint density at radius 2 is 1.87 bits per heavy atom. The molecule has 1 aliphatic rings. The summed E-state index contributed by atoms with van der Waals surface area (Å²) in [6, 6.07) is 14.5. The van der Waals surface area contributed by atoms with Crippen LogP contribution in [0.4, 0.5) is 0 Å². The third-order valence-electron chi connectivity index (χ3n) is 4.47. The molecule has 2 N–H and O–H groups in total. The van der Waals surface area contributed by atoms with Crippen LogP contribution in [0.2, 0.25) is 0 Å². The van der Waals surface area contributed by atoms with Crippen molar-refractivity contribution in [3.63, 3.8) is 0 Å². The third kappa shape index (κ3) is 3.70. The Hall–Kier alpha value is -2.36. The summed E-state index contributed by atoms with van der Waals surface area (Å²) in [6.45, 7) is 0.560. The van der Waals surface area contributed by atoms with E-state index >= 15 is 0 Å². The molecule has 23 heavy (non-hydrogen) atoms. The van der Waals surface area contributed by atoms with Crippen LogP contribution in [0.1, 0.15) is 37.2 Å². The summed E-state index contributed by atoms with van der Waals surface area (Å²) in [5.74, 6) is -0.326. The molecule has 3 rings (SSSR count). The number of nitrogens with one attached hydrogen (secondary N) is 1. The number of aliphatic carboxylic acids is 1. The van der Waals surface area contributed by atoms with Crippen molar-refractivity contribution in [3.05, 3.63) is 48.0 Å². The fourth-order valence-corrected chi connectivity index (χ4v) is 3.15. The smallest absolute Gasteiger partial charge is 0.303 e. The van der Waals surface area contributed by atoms with E-state index in [1.165, 1.54) is 16.3 Å². The summed E-state index contributed by atoms with van der Waals surface area (Å²) < 4.78 is 0. The lowest BCUT2D eigenvalue weighted by atomic mass is 10.00. The van der Waals surface area contributed by atoms with Crippen molar-refractivity contribution in [2.45, 2.75) is 31.6 Å². The number of carboxylic acids is 1. The largest absolute Gasteiger partial charge is 0.481 e. The molecule has 0 bridgehead atoms. The molecular weight excluding hydrogens is 290 g/mol. The van der Waals surface area contributed by atoms with E-state index in [1.54, 1.807) is 0 Å². The number of fused-ring (bicyclic) bond motifs is 1. The minimum atomic E-state index is -0.783. The number of carbonyl (C=O) groups is 2. The second-order valence-electron chi connectivity index (χ2n) is 6.16. The normalized spacial score (nSPS) is 19.5. The van der Waals surface area contributed by atoms with Gasteiger partial charge in [0.2, 0.25) is 5.91 Å². The van der Waals surface area contributed by atoms with Crippen LogP contribution in [-0.4, -0.2) is 23.5 Å². The first kappa shape index (κ1) is 15.5. The molecule has 0 radical (unpaired) electrons. The van der Waals surface area contributed by atoms with Crippen LogP contribution >= 0.6 is 0 Å². The van der Waals surface area contributed by atoms with Crippen LogP contribution in [0.3, 0.4) is 0 Å². The van der Waals surface area contributed by atoms with Crippen LogP contribution in [0.5, 0.6) is 0 Å². The van der Waals surface area contributed by atoms with E-state index in [-0.39, 0.29) is 18.2 Å². The van der Waals surface area contributed by atoms with E-state index in [0.717, 1.165) is 6.42 Å². The second kappa shape index (κ2) is 6.82. The lowest BCUT2D eigenvalue weighted by molar-refractivity contribution is -0.137. The fraction of sp³-hybridized carbons (Fsp3) is 0.368. The lowest BCUT2D eigenvalue weighted by Gasteiger charge is -2.07. The van der Waals surface area contributed by atoms with E-state index < -0.39 is 5.97 Å². The number of benzene rings is 2. The van der Waals surface area contributed by atoms with Crippen LogP contribution in [0, 0.1) is 5.92 Å². The molecular formula is C19H21NO3. The van der Waals surface area contributed by atoms with Gasteiger partial charge in [-0.15, -0.1) is 0 Å². The Morgan fingerprint density at radius 3 is 2.70 bits per heavy atom. The Labute approximate surface area is 135 Å². The van der Waals surface area contributed by atoms with E-state index in [0.29, 0.717) is 25.3 Å². The highest BCUT2D eigenvalue weighted by Crippen LogP contribution is 2.49. The molecule has 0 spiro atoms. The minimum absolute atomic E-state index is 0.0558. The molecule has 1 fully saturated rings. The number of hydrogen-bond acceptors (Lipinski definition) is 2. The zero-order valence-corrected chi connectivity index (χ0v) is 13.0. The maximum Gasteiger partial charge on any atom is 0.303 e. The van der Waals surface area contributed by atoms with Crippen molar-refractivity contribution >= 4 is 22.6 Å². The molecule has 1 saturated carbocycles. The Morgan fingerprint density at radius 1 is 1.09 bits per heavy atom. The predicted octanol–water partition coefficient (Wildman–Crippen LogP) is 3.31. The Kier molecular flexibility index (Phi) is 4.60. The number of hydrogen-bond donors (Lipinski definition) is 2.